The maximum Gasteiger partial charge on any atom is 0.0992 e. The molecule has 1 aromatic heterocycles. The molecule has 0 N–H and O–H groups in total. The van der Waals surface area contributed by atoms with E-state index in [0.29, 0.717) is 11.1 Å². The predicted molar refractivity (Wildman–Crippen MR) is 116 cm³/mol. The molecule has 0 radical (unpaired) electrons. The van der Waals surface area contributed by atoms with E-state index in [1.165, 1.54) is 5.39 Å². The van der Waals surface area contributed by atoms with Crippen LogP contribution in [-0.2, 0) is 0 Å². The maximum absolute atomic E-state index is 9.31. The van der Waals surface area contributed by atoms with E-state index < -0.39 is 0 Å². The van der Waals surface area contributed by atoms with Crippen LogP contribution < -0.4 is 0 Å². The standard InChI is InChI=1S/C26H15N3/c27-16-18-12-19(17-28)14-21(13-18)20-10-11-26-24(15-20)23-8-4-5-9-25(23)29(26)22-6-2-1-3-7-22/h1-15H. The second-order valence-electron chi connectivity index (χ2n) is 6.94. The first-order valence-corrected chi connectivity index (χ1v) is 9.33. The summed E-state index contributed by atoms with van der Waals surface area (Å²) < 4.78 is 2.26. The number of para-hydroxylation sites is 2. The monoisotopic (exact) mass is 369 g/mol. The normalized spacial score (nSPS) is 10.7. The van der Waals surface area contributed by atoms with E-state index in [1.807, 2.05) is 36.4 Å². The molecule has 0 aliphatic heterocycles. The minimum absolute atomic E-state index is 0.492. The van der Waals surface area contributed by atoms with Gasteiger partial charge in [0, 0.05) is 16.5 Å². The molecule has 0 saturated heterocycles. The highest BCUT2D eigenvalue weighted by atomic mass is 15.0. The van der Waals surface area contributed by atoms with Crippen molar-refractivity contribution in [3.8, 4) is 29.0 Å². The van der Waals surface area contributed by atoms with Gasteiger partial charge < -0.3 is 4.57 Å². The lowest BCUT2D eigenvalue weighted by Gasteiger charge is -2.08. The third-order valence-electron chi connectivity index (χ3n) is 5.21. The Labute approximate surface area is 168 Å². The molecular weight excluding hydrogens is 354 g/mol. The Kier molecular flexibility index (Phi) is 3.87. The van der Waals surface area contributed by atoms with Crippen LogP contribution in [0.4, 0.5) is 0 Å². The molecule has 134 valence electrons. The van der Waals surface area contributed by atoms with E-state index in [2.05, 4.69) is 65.2 Å². The van der Waals surface area contributed by atoms with E-state index in [4.69, 9.17) is 0 Å². The Morgan fingerprint density at radius 2 is 1.21 bits per heavy atom. The van der Waals surface area contributed by atoms with Crippen molar-refractivity contribution in [2.45, 2.75) is 0 Å². The van der Waals surface area contributed by atoms with E-state index in [0.717, 1.165) is 33.2 Å². The second kappa shape index (κ2) is 6.68. The van der Waals surface area contributed by atoms with Gasteiger partial charge in [-0.2, -0.15) is 10.5 Å². The van der Waals surface area contributed by atoms with Crippen LogP contribution in [0.25, 0.3) is 38.6 Å². The summed E-state index contributed by atoms with van der Waals surface area (Å²) in [5.41, 5.74) is 6.23. The zero-order chi connectivity index (χ0) is 19.8. The highest BCUT2D eigenvalue weighted by Gasteiger charge is 2.13. The summed E-state index contributed by atoms with van der Waals surface area (Å²) in [7, 11) is 0. The molecular formula is C26H15N3. The maximum atomic E-state index is 9.31. The smallest absolute Gasteiger partial charge is 0.0992 e. The summed E-state index contributed by atoms with van der Waals surface area (Å²) in [5.74, 6) is 0. The van der Waals surface area contributed by atoms with Crippen LogP contribution in [0, 0.1) is 22.7 Å². The van der Waals surface area contributed by atoms with E-state index in [9.17, 15) is 10.5 Å². The molecule has 0 amide bonds. The van der Waals surface area contributed by atoms with E-state index >= 15 is 0 Å². The minimum atomic E-state index is 0.492. The molecule has 0 bridgehead atoms. The van der Waals surface area contributed by atoms with Gasteiger partial charge in [-0.25, -0.2) is 0 Å². The summed E-state index contributed by atoms with van der Waals surface area (Å²) in [6.07, 6.45) is 0. The van der Waals surface area contributed by atoms with Gasteiger partial charge in [0.15, 0.2) is 0 Å². The molecule has 0 aliphatic rings. The molecule has 5 aromatic rings. The molecule has 0 unspecified atom stereocenters. The number of fused-ring (bicyclic) bond motifs is 3. The number of rotatable bonds is 2. The molecule has 0 atom stereocenters. The van der Waals surface area contributed by atoms with Crippen LogP contribution in [0.3, 0.4) is 0 Å². The van der Waals surface area contributed by atoms with Gasteiger partial charge in [-0.05, 0) is 59.7 Å². The zero-order valence-corrected chi connectivity index (χ0v) is 15.5. The number of hydrogen-bond donors (Lipinski definition) is 0. The first kappa shape index (κ1) is 16.8. The molecule has 3 heteroatoms. The lowest BCUT2D eigenvalue weighted by Crippen LogP contribution is -1.92. The van der Waals surface area contributed by atoms with Crippen molar-refractivity contribution >= 4 is 21.8 Å². The molecule has 0 spiro atoms. The van der Waals surface area contributed by atoms with Gasteiger partial charge in [0.2, 0.25) is 0 Å². The highest BCUT2D eigenvalue weighted by Crippen LogP contribution is 2.35. The Morgan fingerprint density at radius 3 is 1.93 bits per heavy atom. The fraction of sp³-hybridized carbons (Fsp3) is 0. The lowest BCUT2D eigenvalue weighted by molar-refractivity contribution is 1.18. The zero-order valence-electron chi connectivity index (χ0n) is 15.5. The number of benzene rings is 4. The van der Waals surface area contributed by atoms with Crippen molar-refractivity contribution in [3.63, 3.8) is 0 Å². The molecule has 5 rings (SSSR count). The lowest BCUT2D eigenvalue weighted by atomic mass is 9.99. The predicted octanol–water partition coefficient (Wildman–Crippen LogP) is 6.19. The van der Waals surface area contributed by atoms with Gasteiger partial charge in [0.05, 0.1) is 34.3 Å². The van der Waals surface area contributed by atoms with E-state index in [1.54, 1.807) is 6.07 Å². The SMILES string of the molecule is N#Cc1cc(C#N)cc(-c2ccc3c(c2)c2ccccc2n3-c2ccccc2)c1. The van der Waals surface area contributed by atoms with Gasteiger partial charge in [-0.3, -0.25) is 0 Å². The summed E-state index contributed by atoms with van der Waals surface area (Å²) in [4.78, 5) is 0. The molecule has 3 nitrogen and oxygen atoms in total. The van der Waals surface area contributed by atoms with Crippen LogP contribution in [0.1, 0.15) is 11.1 Å². The van der Waals surface area contributed by atoms with Crippen LogP contribution in [-0.4, -0.2) is 4.57 Å². The molecule has 1 heterocycles. The molecule has 0 fully saturated rings. The number of nitriles is 2. The molecule has 0 aliphatic carbocycles. The van der Waals surface area contributed by atoms with Gasteiger partial charge in [0.1, 0.15) is 0 Å². The average Bonchev–Trinajstić information content (AvgIpc) is 3.13. The first-order chi connectivity index (χ1) is 14.3. The Balaban J connectivity index is 1.81. The van der Waals surface area contributed by atoms with Crippen molar-refractivity contribution < 1.29 is 0 Å². The van der Waals surface area contributed by atoms with Gasteiger partial charge in [-0.15, -0.1) is 0 Å². The van der Waals surface area contributed by atoms with Crippen molar-refractivity contribution in [3.05, 3.63) is 102 Å². The third kappa shape index (κ3) is 2.74. The Hall–Kier alpha value is -4.34. The van der Waals surface area contributed by atoms with Gasteiger partial charge >= 0.3 is 0 Å². The molecule has 4 aromatic carbocycles. The molecule has 29 heavy (non-hydrogen) atoms. The summed E-state index contributed by atoms with van der Waals surface area (Å²) >= 11 is 0. The number of nitrogens with zero attached hydrogens (tertiary/aromatic N) is 3. The topological polar surface area (TPSA) is 52.5 Å². The van der Waals surface area contributed by atoms with Crippen molar-refractivity contribution in [1.82, 2.24) is 4.57 Å². The average molecular weight is 369 g/mol. The number of aromatic nitrogens is 1. The number of hydrogen-bond acceptors (Lipinski definition) is 2. The van der Waals surface area contributed by atoms with Crippen molar-refractivity contribution in [1.29, 1.82) is 10.5 Å². The third-order valence-corrected chi connectivity index (χ3v) is 5.21. The van der Waals surface area contributed by atoms with Crippen LogP contribution in [0.2, 0.25) is 0 Å². The summed E-state index contributed by atoms with van der Waals surface area (Å²) in [6, 6.07) is 34.6. The van der Waals surface area contributed by atoms with Gasteiger partial charge in [0.25, 0.3) is 0 Å². The largest absolute Gasteiger partial charge is 0.309 e. The fourth-order valence-electron chi connectivity index (χ4n) is 3.93. The highest BCUT2D eigenvalue weighted by molar-refractivity contribution is 6.10. The quantitative estimate of drug-likeness (QED) is 0.372. The van der Waals surface area contributed by atoms with Crippen LogP contribution in [0.15, 0.2) is 91.0 Å². The second-order valence-corrected chi connectivity index (χ2v) is 6.94. The summed E-state index contributed by atoms with van der Waals surface area (Å²) in [6.45, 7) is 0. The summed E-state index contributed by atoms with van der Waals surface area (Å²) in [5, 5.41) is 20.9. The van der Waals surface area contributed by atoms with Crippen LogP contribution >= 0.6 is 0 Å². The Morgan fingerprint density at radius 1 is 0.552 bits per heavy atom. The van der Waals surface area contributed by atoms with Gasteiger partial charge in [-0.1, -0.05) is 42.5 Å². The first-order valence-electron chi connectivity index (χ1n) is 9.33. The van der Waals surface area contributed by atoms with Crippen LogP contribution in [0.5, 0.6) is 0 Å². The van der Waals surface area contributed by atoms with Crippen molar-refractivity contribution in [2.75, 3.05) is 0 Å². The van der Waals surface area contributed by atoms with Crippen molar-refractivity contribution in [2.24, 2.45) is 0 Å². The fourth-order valence-corrected chi connectivity index (χ4v) is 3.93. The Bertz CT molecular complexity index is 1430. The molecule has 0 saturated carbocycles. The van der Waals surface area contributed by atoms with E-state index in [-0.39, 0.29) is 0 Å². The minimum Gasteiger partial charge on any atom is -0.309 e.